The van der Waals surface area contributed by atoms with Crippen LogP contribution in [-0.2, 0) is 19.6 Å². The van der Waals surface area contributed by atoms with E-state index in [2.05, 4.69) is 4.74 Å². The highest BCUT2D eigenvalue weighted by atomic mass is 32.2. The van der Waals surface area contributed by atoms with E-state index in [0.29, 0.717) is 6.42 Å². The number of ether oxygens (including phenoxy) is 1. The predicted molar refractivity (Wildman–Crippen MR) is 41.7 cm³/mol. The second-order valence-corrected chi connectivity index (χ2v) is 4.76. The van der Waals surface area contributed by atoms with Crippen molar-refractivity contribution in [3.63, 3.8) is 0 Å². The molecule has 12 heavy (non-hydrogen) atoms. The van der Waals surface area contributed by atoms with Crippen LogP contribution in [0.25, 0.3) is 0 Å². The summed E-state index contributed by atoms with van der Waals surface area (Å²) in [5.41, 5.74) is 0. The standard InChI is InChI=1S/C6H11NO4S/c1-11-5(8)6(3-2-4-6)12(7,9)10/h2-4H2,1H3,(H2,7,9,10). The molecule has 0 unspecified atom stereocenters. The second-order valence-electron chi connectivity index (χ2n) is 2.88. The number of primary sulfonamides is 1. The summed E-state index contributed by atoms with van der Waals surface area (Å²) in [6.45, 7) is 0. The first-order valence-electron chi connectivity index (χ1n) is 3.55. The first-order chi connectivity index (χ1) is 5.44. The second kappa shape index (κ2) is 2.70. The summed E-state index contributed by atoms with van der Waals surface area (Å²) in [5.74, 6) is -0.740. The maximum Gasteiger partial charge on any atom is 0.328 e. The molecule has 0 aliphatic heterocycles. The van der Waals surface area contributed by atoms with Crippen LogP contribution in [0.3, 0.4) is 0 Å². The van der Waals surface area contributed by atoms with Crippen molar-refractivity contribution in [3.8, 4) is 0 Å². The van der Waals surface area contributed by atoms with E-state index in [4.69, 9.17) is 5.14 Å². The third-order valence-electron chi connectivity index (χ3n) is 2.26. The number of hydrogen-bond donors (Lipinski definition) is 1. The van der Waals surface area contributed by atoms with Gasteiger partial charge in [0.05, 0.1) is 7.11 Å². The van der Waals surface area contributed by atoms with Gasteiger partial charge in [-0.2, -0.15) is 0 Å². The normalized spacial score (nSPS) is 21.2. The number of methoxy groups -OCH3 is 1. The Morgan fingerprint density at radius 1 is 1.50 bits per heavy atom. The molecule has 2 N–H and O–H groups in total. The van der Waals surface area contributed by atoms with E-state index in [9.17, 15) is 13.2 Å². The van der Waals surface area contributed by atoms with Gasteiger partial charge in [-0.3, -0.25) is 4.79 Å². The van der Waals surface area contributed by atoms with E-state index in [-0.39, 0.29) is 12.8 Å². The van der Waals surface area contributed by atoms with E-state index in [1.54, 1.807) is 0 Å². The van der Waals surface area contributed by atoms with Crippen molar-refractivity contribution in [1.82, 2.24) is 0 Å². The summed E-state index contributed by atoms with van der Waals surface area (Å²) < 4.78 is 25.0. The zero-order valence-corrected chi connectivity index (χ0v) is 7.56. The predicted octanol–water partition coefficient (Wildman–Crippen LogP) is -0.629. The lowest BCUT2D eigenvalue weighted by Crippen LogP contribution is -2.55. The van der Waals surface area contributed by atoms with Crippen molar-refractivity contribution in [2.75, 3.05) is 7.11 Å². The molecular formula is C6H11NO4S. The minimum Gasteiger partial charge on any atom is -0.468 e. The summed E-state index contributed by atoms with van der Waals surface area (Å²) in [7, 11) is -2.65. The van der Waals surface area contributed by atoms with E-state index in [1.165, 1.54) is 0 Å². The number of carbonyl (C=O) groups excluding carboxylic acids is 1. The zero-order valence-electron chi connectivity index (χ0n) is 6.74. The number of nitrogens with two attached hydrogens (primary N) is 1. The van der Waals surface area contributed by atoms with Gasteiger partial charge in [-0.15, -0.1) is 0 Å². The Bertz CT molecular complexity index is 291. The molecule has 1 aliphatic rings. The Hall–Kier alpha value is -0.620. The van der Waals surface area contributed by atoms with Crippen LogP contribution in [0, 0.1) is 0 Å². The maximum atomic E-state index is 11.1. The molecule has 0 aromatic heterocycles. The fourth-order valence-electron chi connectivity index (χ4n) is 1.29. The Kier molecular flexibility index (Phi) is 2.13. The monoisotopic (exact) mass is 193 g/mol. The van der Waals surface area contributed by atoms with Gasteiger partial charge in [-0.05, 0) is 19.3 Å². The smallest absolute Gasteiger partial charge is 0.328 e. The summed E-state index contributed by atoms with van der Waals surface area (Å²) in [5, 5.41) is 4.92. The molecule has 0 saturated heterocycles. The highest BCUT2D eigenvalue weighted by Crippen LogP contribution is 2.38. The van der Waals surface area contributed by atoms with Gasteiger partial charge in [-0.25, -0.2) is 13.6 Å². The van der Waals surface area contributed by atoms with E-state index in [0.717, 1.165) is 7.11 Å². The van der Waals surface area contributed by atoms with Gasteiger partial charge in [-0.1, -0.05) is 0 Å². The largest absolute Gasteiger partial charge is 0.468 e. The molecule has 0 amide bonds. The van der Waals surface area contributed by atoms with Crippen molar-refractivity contribution in [3.05, 3.63) is 0 Å². The number of esters is 1. The minimum absolute atomic E-state index is 0.276. The van der Waals surface area contributed by atoms with Crippen molar-refractivity contribution >= 4 is 16.0 Å². The molecule has 0 aromatic rings. The molecule has 0 heterocycles. The quantitative estimate of drug-likeness (QED) is 0.591. The molecule has 0 spiro atoms. The molecule has 0 radical (unpaired) electrons. The van der Waals surface area contributed by atoms with Crippen molar-refractivity contribution in [2.24, 2.45) is 5.14 Å². The molecule has 0 aromatic carbocycles. The lowest BCUT2D eigenvalue weighted by molar-refractivity contribution is -0.146. The Balaban J connectivity index is 3.00. The molecule has 0 bridgehead atoms. The lowest BCUT2D eigenvalue weighted by Gasteiger charge is -2.35. The highest BCUT2D eigenvalue weighted by Gasteiger charge is 2.54. The first kappa shape index (κ1) is 9.47. The fourth-order valence-corrected chi connectivity index (χ4v) is 2.46. The molecule has 1 saturated carbocycles. The molecule has 0 atom stereocenters. The maximum absolute atomic E-state index is 11.1. The summed E-state index contributed by atoms with van der Waals surface area (Å²) in [6, 6.07) is 0. The molecule has 70 valence electrons. The van der Waals surface area contributed by atoms with Crippen LogP contribution in [0.4, 0.5) is 0 Å². The Morgan fingerprint density at radius 2 is 2.00 bits per heavy atom. The van der Waals surface area contributed by atoms with Crippen molar-refractivity contribution < 1.29 is 17.9 Å². The summed E-state index contributed by atoms with van der Waals surface area (Å²) in [4.78, 5) is 11.1. The van der Waals surface area contributed by atoms with E-state index in [1.807, 2.05) is 0 Å². The van der Waals surface area contributed by atoms with Gasteiger partial charge in [0.15, 0.2) is 4.75 Å². The molecule has 1 rings (SSSR count). The molecule has 1 fully saturated rings. The zero-order chi connectivity index (χ0) is 9.41. The average Bonchev–Trinajstić information content (AvgIpc) is 1.81. The van der Waals surface area contributed by atoms with Crippen LogP contribution in [0.5, 0.6) is 0 Å². The third kappa shape index (κ3) is 1.11. The van der Waals surface area contributed by atoms with Crippen LogP contribution in [0.15, 0.2) is 0 Å². The number of rotatable bonds is 2. The first-order valence-corrected chi connectivity index (χ1v) is 5.09. The Labute approximate surface area is 70.9 Å². The minimum atomic E-state index is -3.81. The lowest BCUT2D eigenvalue weighted by atomic mass is 9.84. The van der Waals surface area contributed by atoms with Gasteiger partial charge in [0.25, 0.3) is 0 Å². The van der Waals surface area contributed by atoms with Crippen LogP contribution in [0.2, 0.25) is 0 Å². The van der Waals surface area contributed by atoms with Gasteiger partial charge >= 0.3 is 5.97 Å². The van der Waals surface area contributed by atoms with Crippen LogP contribution in [-0.4, -0.2) is 26.2 Å². The van der Waals surface area contributed by atoms with Gasteiger partial charge in [0.2, 0.25) is 10.0 Å². The van der Waals surface area contributed by atoms with Gasteiger partial charge < -0.3 is 4.74 Å². The van der Waals surface area contributed by atoms with Crippen molar-refractivity contribution in [1.29, 1.82) is 0 Å². The highest BCUT2D eigenvalue weighted by molar-refractivity contribution is 7.91. The topological polar surface area (TPSA) is 86.5 Å². The summed E-state index contributed by atoms with van der Waals surface area (Å²) in [6.07, 6.45) is 1.25. The number of sulfonamides is 1. The summed E-state index contributed by atoms with van der Waals surface area (Å²) >= 11 is 0. The average molecular weight is 193 g/mol. The van der Waals surface area contributed by atoms with Crippen LogP contribution >= 0.6 is 0 Å². The van der Waals surface area contributed by atoms with E-state index >= 15 is 0 Å². The SMILES string of the molecule is COC(=O)C1(S(N)(=O)=O)CCC1. The van der Waals surface area contributed by atoms with Gasteiger partial charge in [0, 0.05) is 0 Å². The molecule has 1 aliphatic carbocycles. The van der Waals surface area contributed by atoms with Crippen molar-refractivity contribution in [2.45, 2.75) is 24.0 Å². The number of hydrogen-bond acceptors (Lipinski definition) is 4. The Morgan fingerprint density at radius 3 is 2.08 bits per heavy atom. The third-order valence-corrected chi connectivity index (χ3v) is 3.93. The van der Waals surface area contributed by atoms with Crippen LogP contribution in [0.1, 0.15) is 19.3 Å². The number of carbonyl (C=O) groups is 1. The molecular weight excluding hydrogens is 182 g/mol. The fraction of sp³-hybridized carbons (Fsp3) is 0.833. The van der Waals surface area contributed by atoms with E-state index < -0.39 is 20.7 Å². The molecule has 6 heteroatoms. The molecule has 5 nitrogen and oxygen atoms in total. The van der Waals surface area contributed by atoms with Crippen LogP contribution < -0.4 is 5.14 Å². The van der Waals surface area contributed by atoms with Gasteiger partial charge in [0.1, 0.15) is 0 Å².